The average molecular weight is 206 g/mol. The van der Waals surface area contributed by atoms with Crippen molar-refractivity contribution in [3.63, 3.8) is 0 Å². The fraction of sp³-hybridized carbons (Fsp3) is 0.417. The first-order valence-electron chi connectivity index (χ1n) is 5.22. The van der Waals surface area contributed by atoms with Gasteiger partial charge in [-0.15, -0.1) is 0 Å². The molecule has 0 amide bonds. The summed E-state index contributed by atoms with van der Waals surface area (Å²) in [6.45, 7) is 0.284. The number of hydrogen-bond acceptors (Lipinski definition) is 3. The molecule has 1 aromatic rings. The summed E-state index contributed by atoms with van der Waals surface area (Å²) in [4.78, 5) is 11.2. The molecule has 0 spiro atoms. The van der Waals surface area contributed by atoms with E-state index in [0.29, 0.717) is 0 Å². The van der Waals surface area contributed by atoms with Gasteiger partial charge in [0.1, 0.15) is 12.7 Å². The van der Waals surface area contributed by atoms with Gasteiger partial charge in [0.25, 0.3) is 0 Å². The van der Waals surface area contributed by atoms with Gasteiger partial charge in [-0.05, 0) is 24.8 Å². The Labute approximate surface area is 89.0 Å². The van der Waals surface area contributed by atoms with Gasteiger partial charge >= 0.3 is 6.16 Å². The number of benzene rings is 1. The highest BCUT2D eigenvalue weighted by Gasteiger charge is 2.22. The van der Waals surface area contributed by atoms with Crippen molar-refractivity contribution in [1.82, 2.24) is 0 Å². The third-order valence-electron chi connectivity index (χ3n) is 2.51. The van der Waals surface area contributed by atoms with E-state index < -0.39 is 6.16 Å². The van der Waals surface area contributed by atoms with Crippen LogP contribution in [0.1, 0.15) is 24.8 Å². The topological polar surface area (TPSA) is 35.5 Å². The van der Waals surface area contributed by atoms with Gasteiger partial charge in [-0.25, -0.2) is 4.79 Å². The smallest absolute Gasteiger partial charge is 0.431 e. The normalized spacial score (nSPS) is 15.5. The Hall–Kier alpha value is -1.51. The van der Waals surface area contributed by atoms with E-state index in [9.17, 15) is 4.79 Å². The van der Waals surface area contributed by atoms with Crippen molar-refractivity contribution in [2.24, 2.45) is 0 Å². The monoisotopic (exact) mass is 206 g/mol. The maximum atomic E-state index is 11.2. The number of rotatable bonds is 3. The lowest BCUT2D eigenvalue weighted by Gasteiger charge is -2.24. The van der Waals surface area contributed by atoms with E-state index in [2.05, 4.69) is 0 Å². The summed E-state index contributed by atoms with van der Waals surface area (Å²) in [5.74, 6) is 0. The van der Waals surface area contributed by atoms with Crippen LogP contribution in [-0.4, -0.2) is 12.3 Å². The Kier molecular flexibility index (Phi) is 3.22. The molecule has 0 aliphatic heterocycles. The van der Waals surface area contributed by atoms with Crippen LogP contribution in [-0.2, 0) is 16.1 Å². The predicted octanol–water partition coefficient (Wildman–Crippen LogP) is 2.89. The Morgan fingerprint density at radius 1 is 1.27 bits per heavy atom. The van der Waals surface area contributed by atoms with Gasteiger partial charge < -0.3 is 9.47 Å². The molecule has 0 atom stereocenters. The van der Waals surface area contributed by atoms with E-state index in [1.54, 1.807) is 0 Å². The lowest BCUT2D eigenvalue weighted by molar-refractivity contribution is -0.00734. The highest BCUT2D eigenvalue weighted by Crippen LogP contribution is 2.22. The van der Waals surface area contributed by atoms with E-state index in [1.807, 2.05) is 30.3 Å². The third kappa shape index (κ3) is 2.98. The number of carbonyl (C=O) groups excluding carboxylic acids is 1. The molecule has 15 heavy (non-hydrogen) atoms. The molecule has 0 N–H and O–H groups in total. The minimum Gasteiger partial charge on any atom is -0.431 e. The number of hydrogen-bond donors (Lipinski definition) is 0. The van der Waals surface area contributed by atoms with Crippen LogP contribution in [0.4, 0.5) is 4.79 Å². The van der Waals surface area contributed by atoms with Crippen molar-refractivity contribution in [3.8, 4) is 0 Å². The van der Waals surface area contributed by atoms with Crippen LogP contribution in [0.15, 0.2) is 30.3 Å². The first kappa shape index (κ1) is 10.0. The van der Waals surface area contributed by atoms with E-state index in [1.165, 1.54) is 0 Å². The van der Waals surface area contributed by atoms with Crippen LogP contribution in [0.3, 0.4) is 0 Å². The summed E-state index contributed by atoms with van der Waals surface area (Å²) in [6, 6.07) is 9.58. The van der Waals surface area contributed by atoms with Gasteiger partial charge in [-0.3, -0.25) is 0 Å². The predicted molar refractivity (Wildman–Crippen MR) is 55.4 cm³/mol. The molecule has 1 aliphatic carbocycles. The zero-order valence-electron chi connectivity index (χ0n) is 8.52. The van der Waals surface area contributed by atoms with Gasteiger partial charge in [0.15, 0.2) is 0 Å². The SMILES string of the molecule is O=C(OCc1ccccc1)OC1CCC1. The van der Waals surface area contributed by atoms with E-state index >= 15 is 0 Å². The van der Waals surface area contributed by atoms with Crippen molar-refractivity contribution >= 4 is 6.16 Å². The van der Waals surface area contributed by atoms with E-state index in [0.717, 1.165) is 24.8 Å². The van der Waals surface area contributed by atoms with Crippen LogP contribution in [0.5, 0.6) is 0 Å². The summed E-state index contributed by atoms with van der Waals surface area (Å²) >= 11 is 0. The minimum atomic E-state index is -0.552. The lowest BCUT2D eigenvalue weighted by atomic mass is 9.96. The zero-order valence-corrected chi connectivity index (χ0v) is 8.52. The van der Waals surface area contributed by atoms with Crippen molar-refractivity contribution in [1.29, 1.82) is 0 Å². The molecule has 3 nitrogen and oxygen atoms in total. The summed E-state index contributed by atoms with van der Waals surface area (Å²) in [5, 5.41) is 0. The molecule has 2 rings (SSSR count). The Morgan fingerprint density at radius 2 is 2.00 bits per heavy atom. The Balaban J connectivity index is 1.71. The van der Waals surface area contributed by atoms with Gasteiger partial charge in [-0.2, -0.15) is 0 Å². The second-order valence-electron chi connectivity index (χ2n) is 3.70. The second-order valence-corrected chi connectivity index (χ2v) is 3.70. The van der Waals surface area contributed by atoms with Crippen molar-refractivity contribution in [2.75, 3.05) is 0 Å². The maximum Gasteiger partial charge on any atom is 0.508 e. The Morgan fingerprint density at radius 3 is 2.60 bits per heavy atom. The molecule has 1 aromatic carbocycles. The van der Waals surface area contributed by atoms with E-state index in [4.69, 9.17) is 9.47 Å². The standard InChI is InChI=1S/C12H14O3/c13-12(15-11-7-4-8-11)14-9-10-5-2-1-3-6-10/h1-3,5-6,11H,4,7-9H2. The average Bonchev–Trinajstić information content (AvgIpc) is 2.22. The van der Waals surface area contributed by atoms with Crippen molar-refractivity contribution in [2.45, 2.75) is 32.0 Å². The maximum absolute atomic E-state index is 11.2. The fourth-order valence-corrected chi connectivity index (χ4v) is 1.38. The molecule has 0 aromatic heterocycles. The molecule has 1 aliphatic rings. The highest BCUT2D eigenvalue weighted by atomic mass is 16.7. The van der Waals surface area contributed by atoms with Gasteiger partial charge in [-0.1, -0.05) is 30.3 Å². The molecule has 1 fully saturated rings. The van der Waals surface area contributed by atoms with Crippen LogP contribution < -0.4 is 0 Å². The van der Waals surface area contributed by atoms with Crippen LogP contribution in [0.2, 0.25) is 0 Å². The van der Waals surface area contributed by atoms with Gasteiger partial charge in [0.2, 0.25) is 0 Å². The lowest BCUT2D eigenvalue weighted by Crippen LogP contribution is -2.25. The van der Waals surface area contributed by atoms with Gasteiger partial charge in [0.05, 0.1) is 0 Å². The first-order valence-corrected chi connectivity index (χ1v) is 5.22. The molecule has 80 valence electrons. The molecule has 0 bridgehead atoms. The molecule has 0 radical (unpaired) electrons. The Bertz CT molecular complexity index is 317. The molecule has 3 heteroatoms. The zero-order chi connectivity index (χ0) is 10.5. The largest absolute Gasteiger partial charge is 0.508 e. The first-order chi connectivity index (χ1) is 7.34. The molecule has 0 saturated heterocycles. The molecular formula is C12H14O3. The second kappa shape index (κ2) is 4.82. The summed E-state index contributed by atoms with van der Waals surface area (Å²) < 4.78 is 10.0. The quantitative estimate of drug-likeness (QED) is 0.713. The van der Waals surface area contributed by atoms with Crippen molar-refractivity contribution in [3.05, 3.63) is 35.9 Å². The summed E-state index contributed by atoms with van der Waals surface area (Å²) in [7, 11) is 0. The number of carbonyl (C=O) groups is 1. The van der Waals surface area contributed by atoms with E-state index in [-0.39, 0.29) is 12.7 Å². The summed E-state index contributed by atoms with van der Waals surface area (Å²) in [5.41, 5.74) is 0.975. The highest BCUT2D eigenvalue weighted by molar-refractivity contribution is 5.60. The molecule has 0 heterocycles. The molecule has 0 unspecified atom stereocenters. The molecule has 1 saturated carbocycles. The fourth-order valence-electron chi connectivity index (χ4n) is 1.38. The van der Waals surface area contributed by atoms with Crippen LogP contribution in [0, 0.1) is 0 Å². The summed E-state index contributed by atoms with van der Waals surface area (Å²) in [6.07, 6.45) is 2.63. The van der Waals surface area contributed by atoms with Gasteiger partial charge in [0, 0.05) is 0 Å². The van der Waals surface area contributed by atoms with Crippen LogP contribution in [0.25, 0.3) is 0 Å². The van der Waals surface area contributed by atoms with Crippen LogP contribution >= 0.6 is 0 Å². The molecular weight excluding hydrogens is 192 g/mol. The minimum absolute atomic E-state index is 0.0910. The third-order valence-corrected chi connectivity index (χ3v) is 2.51. The van der Waals surface area contributed by atoms with Crippen molar-refractivity contribution < 1.29 is 14.3 Å². The number of ether oxygens (including phenoxy) is 2.